The second-order valence-electron chi connectivity index (χ2n) is 7.57. The molecule has 27 heavy (non-hydrogen) atoms. The smallest absolute Gasteiger partial charge is 0.237 e. The van der Waals surface area contributed by atoms with Crippen LogP contribution in [0.4, 0.5) is 5.69 Å². The maximum atomic E-state index is 12.9. The summed E-state index contributed by atoms with van der Waals surface area (Å²) in [5.41, 5.74) is 0.605. The fraction of sp³-hybridized carbons (Fsp3) is 0.333. The third-order valence-electron chi connectivity index (χ3n) is 6.14. The van der Waals surface area contributed by atoms with Gasteiger partial charge in [-0.1, -0.05) is 23.2 Å². The molecule has 3 fully saturated rings. The van der Waals surface area contributed by atoms with Gasteiger partial charge >= 0.3 is 0 Å². The molecule has 2 aromatic carbocycles. The summed E-state index contributed by atoms with van der Waals surface area (Å²) >= 11 is 12.0. The van der Waals surface area contributed by atoms with Gasteiger partial charge in [0.2, 0.25) is 11.8 Å². The zero-order valence-corrected chi connectivity index (χ0v) is 15.9. The topological polar surface area (TPSA) is 46.6 Å². The van der Waals surface area contributed by atoms with Crippen molar-refractivity contribution in [1.82, 2.24) is 0 Å². The maximum absolute atomic E-state index is 12.9. The maximum Gasteiger partial charge on any atom is 0.237 e. The molecule has 4 nitrogen and oxygen atoms in total. The Kier molecular flexibility index (Phi) is 3.95. The summed E-state index contributed by atoms with van der Waals surface area (Å²) in [7, 11) is 0. The molecule has 2 aliphatic carbocycles. The Balaban J connectivity index is 1.38. The molecule has 6 heteroatoms. The van der Waals surface area contributed by atoms with Crippen LogP contribution in [0, 0.1) is 23.7 Å². The lowest BCUT2D eigenvalue weighted by Gasteiger charge is -2.19. The van der Waals surface area contributed by atoms with Gasteiger partial charge in [-0.15, -0.1) is 0 Å². The molecule has 1 saturated heterocycles. The highest BCUT2D eigenvalue weighted by Gasteiger charge is 2.61. The molecule has 0 aromatic heterocycles. The molecule has 3 aliphatic rings. The molecule has 2 saturated carbocycles. The van der Waals surface area contributed by atoms with Gasteiger partial charge in [0.1, 0.15) is 11.5 Å². The highest BCUT2D eigenvalue weighted by Crippen LogP contribution is 2.56. The minimum absolute atomic E-state index is 0.0355. The Hall–Kier alpha value is -2.04. The van der Waals surface area contributed by atoms with Crippen LogP contribution in [0.1, 0.15) is 19.3 Å². The molecule has 4 unspecified atom stereocenters. The first-order chi connectivity index (χ1) is 13.0. The Morgan fingerprint density at radius 1 is 0.889 bits per heavy atom. The molecular formula is C21H17Cl2NO3. The average molecular weight is 402 g/mol. The summed E-state index contributed by atoms with van der Waals surface area (Å²) in [5, 5.41) is 0.952. The second kappa shape index (κ2) is 6.25. The summed E-state index contributed by atoms with van der Waals surface area (Å²) in [6.07, 6.45) is 3.19. The molecule has 2 aromatic rings. The van der Waals surface area contributed by atoms with Crippen molar-refractivity contribution in [2.45, 2.75) is 19.3 Å². The largest absolute Gasteiger partial charge is 0.456 e. The SMILES string of the molecule is O=C1C2C3CCC(C3)C2C(=O)N1c1ccc(Oc2ccc(Cl)cc2Cl)cc1. The van der Waals surface area contributed by atoms with Crippen LogP contribution in [0.5, 0.6) is 11.5 Å². The van der Waals surface area contributed by atoms with E-state index in [0.29, 0.717) is 39.1 Å². The molecule has 4 atom stereocenters. The minimum atomic E-state index is -0.111. The number of carbonyl (C=O) groups excluding carboxylic acids is 2. The molecule has 0 radical (unpaired) electrons. The number of amides is 2. The monoisotopic (exact) mass is 401 g/mol. The standard InChI is InChI=1S/C21H17Cl2NO3/c22-13-3-8-17(16(23)10-13)27-15-6-4-14(5-7-15)24-20(25)18-11-1-2-12(9-11)19(18)21(24)26/h3-8,10-12,18-19H,1-2,9H2. The zero-order valence-electron chi connectivity index (χ0n) is 14.4. The fourth-order valence-corrected chi connectivity index (χ4v) is 5.46. The number of imide groups is 1. The number of rotatable bonds is 3. The lowest BCUT2D eigenvalue weighted by atomic mass is 9.81. The number of halogens is 2. The average Bonchev–Trinajstić information content (AvgIpc) is 3.32. The van der Waals surface area contributed by atoms with E-state index in [1.165, 1.54) is 4.90 Å². The highest BCUT2D eigenvalue weighted by molar-refractivity contribution is 6.35. The van der Waals surface area contributed by atoms with Gasteiger partial charge in [-0.05, 0) is 73.6 Å². The van der Waals surface area contributed by atoms with Crippen LogP contribution in [-0.2, 0) is 9.59 Å². The molecule has 2 amide bonds. The minimum Gasteiger partial charge on any atom is -0.456 e. The van der Waals surface area contributed by atoms with Gasteiger partial charge in [-0.25, -0.2) is 0 Å². The van der Waals surface area contributed by atoms with Crippen molar-refractivity contribution in [3.05, 3.63) is 52.5 Å². The number of anilines is 1. The summed E-state index contributed by atoms with van der Waals surface area (Å²) in [4.78, 5) is 27.1. The normalized spacial score (nSPS) is 28.7. The van der Waals surface area contributed by atoms with Crippen molar-refractivity contribution in [2.24, 2.45) is 23.7 Å². The number of fused-ring (bicyclic) bond motifs is 5. The van der Waals surface area contributed by atoms with Crippen LogP contribution in [0.25, 0.3) is 0 Å². The van der Waals surface area contributed by atoms with Crippen LogP contribution >= 0.6 is 23.2 Å². The van der Waals surface area contributed by atoms with E-state index in [1.54, 1.807) is 42.5 Å². The molecule has 1 aliphatic heterocycles. The lowest BCUT2D eigenvalue weighted by Crippen LogP contribution is -2.32. The van der Waals surface area contributed by atoms with Crippen molar-refractivity contribution >= 4 is 40.7 Å². The fourth-order valence-electron chi connectivity index (χ4n) is 5.01. The summed E-state index contributed by atoms with van der Waals surface area (Å²) < 4.78 is 5.78. The van der Waals surface area contributed by atoms with Gasteiger partial charge in [0.25, 0.3) is 0 Å². The Labute approximate surface area is 167 Å². The van der Waals surface area contributed by atoms with Gasteiger partial charge in [-0.3, -0.25) is 14.5 Å². The third-order valence-corrected chi connectivity index (χ3v) is 6.67. The van der Waals surface area contributed by atoms with Gasteiger partial charge in [-0.2, -0.15) is 0 Å². The van der Waals surface area contributed by atoms with Crippen LogP contribution in [-0.4, -0.2) is 11.8 Å². The van der Waals surface area contributed by atoms with E-state index in [2.05, 4.69) is 0 Å². The molecule has 2 bridgehead atoms. The molecule has 1 heterocycles. The van der Waals surface area contributed by atoms with E-state index in [0.717, 1.165) is 19.3 Å². The third kappa shape index (κ3) is 2.66. The van der Waals surface area contributed by atoms with Crippen molar-refractivity contribution in [3.8, 4) is 11.5 Å². The van der Waals surface area contributed by atoms with Crippen LogP contribution in [0.3, 0.4) is 0 Å². The highest BCUT2D eigenvalue weighted by atomic mass is 35.5. The van der Waals surface area contributed by atoms with E-state index in [1.807, 2.05) is 0 Å². The molecular weight excluding hydrogens is 385 g/mol. The van der Waals surface area contributed by atoms with E-state index in [9.17, 15) is 9.59 Å². The zero-order chi connectivity index (χ0) is 18.7. The van der Waals surface area contributed by atoms with Crippen molar-refractivity contribution in [3.63, 3.8) is 0 Å². The van der Waals surface area contributed by atoms with Crippen LogP contribution < -0.4 is 9.64 Å². The van der Waals surface area contributed by atoms with Crippen LogP contribution in [0.15, 0.2) is 42.5 Å². The first-order valence-corrected chi connectivity index (χ1v) is 9.89. The quantitative estimate of drug-likeness (QED) is 0.653. The summed E-state index contributed by atoms with van der Waals surface area (Å²) in [6.45, 7) is 0. The second-order valence-corrected chi connectivity index (χ2v) is 8.41. The number of hydrogen-bond acceptors (Lipinski definition) is 3. The van der Waals surface area contributed by atoms with Crippen molar-refractivity contribution in [2.75, 3.05) is 4.90 Å². The molecule has 0 spiro atoms. The number of hydrogen-bond donors (Lipinski definition) is 0. The Morgan fingerprint density at radius 3 is 2.11 bits per heavy atom. The predicted molar refractivity (Wildman–Crippen MR) is 103 cm³/mol. The van der Waals surface area contributed by atoms with Crippen LogP contribution in [0.2, 0.25) is 10.0 Å². The first kappa shape index (κ1) is 17.1. The lowest BCUT2D eigenvalue weighted by molar-refractivity contribution is -0.123. The molecule has 5 rings (SSSR count). The van der Waals surface area contributed by atoms with Crippen molar-refractivity contribution < 1.29 is 14.3 Å². The number of ether oxygens (including phenoxy) is 1. The molecule has 0 N–H and O–H groups in total. The van der Waals surface area contributed by atoms with Gasteiger partial charge < -0.3 is 4.74 Å². The van der Waals surface area contributed by atoms with E-state index >= 15 is 0 Å². The van der Waals surface area contributed by atoms with E-state index in [4.69, 9.17) is 27.9 Å². The Bertz CT molecular complexity index is 915. The van der Waals surface area contributed by atoms with E-state index in [-0.39, 0.29) is 23.7 Å². The number of nitrogens with zero attached hydrogens (tertiary/aromatic N) is 1. The van der Waals surface area contributed by atoms with Gasteiger partial charge in [0.15, 0.2) is 0 Å². The number of benzene rings is 2. The number of carbonyl (C=O) groups is 2. The molecule has 138 valence electrons. The van der Waals surface area contributed by atoms with Gasteiger partial charge in [0, 0.05) is 5.02 Å². The van der Waals surface area contributed by atoms with Gasteiger partial charge in [0.05, 0.1) is 22.5 Å². The summed E-state index contributed by atoms with van der Waals surface area (Å²) in [5.74, 6) is 1.54. The van der Waals surface area contributed by atoms with E-state index < -0.39 is 0 Å². The summed E-state index contributed by atoms with van der Waals surface area (Å²) in [6, 6.07) is 12.0. The first-order valence-electron chi connectivity index (χ1n) is 9.14. The Morgan fingerprint density at radius 2 is 1.52 bits per heavy atom. The van der Waals surface area contributed by atoms with Crippen molar-refractivity contribution in [1.29, 1.82) is 0 Å². The predicted octanol–water partition coefficient (Wildman–Crippen LogP) is 5.32.